The molecule has 0 bridgehead atoms. The molecule has 0 spiro atoms. The first kappa shape index (κ1) is 10.5. The van der Waals surface area contributed by atoms with Gasteiger partial charge >= 0.3 is 5.97 Å². The van der Waals surface area contributed by atoms with E-state index in [1.165, 1.54) is 7.11 Å². The number of rotatable bonds is 2. The number of hydrogen-bond acceptors (Lipinski definition) is 4. The molecule has 0 amide bonds. The first-order chi connectivity index (χ1) is 6.27. The van der Waals surface area contributed by atoms with E-state index in [-0.39, 0.29) is 18.0 Å². The summed E-state index contributed by atoms with van der Waals surface area (Å²) in [6.07, 6.45) is 1.67. The minimum Gasteiger partial charge on any atom is -0.469 e. The summed E-state index contributed by atoms with van der Waals surface area (Å²) in [6.45, 7) is 1.11. The number of hydrogen-bond donors (Lipinski definition) is 0. The average molecular weight is 188 g/mol. The molecule has 0 unspecified atom stereocenters. The molecule has 0 aromatic heterocycles. The van der Waals surface area contributed by atoms with E-state index in [2.05, 4.69) is 4.74 Å². The summed E-state index contributed by atoms with van der Waals surface area (Å²) in [4.78, 5) is 11.2. The van der Waals surface area contributed by atoms with Gasteiger partial charge in [0.05, 0.1) is 25.7 Å². The first-order valence-corrected chi connectivity index (χ1v) is 4.46. The van der Waals surface area contributed by atoms with Gasteiger partial charge in [-0.25, -0.2) is 0 Å². The fourth-order valence-corrected chi connectivity index (χ4v) is 1.49. The average Bonchev–Trinajstić information content (AvgIpc) is 2.41. The predicted molar refractivity (Wildman–Crippen MR) is 46.4 cm³/mol. The maximum Gasteiger partial charge on any atom is 0.311 e. The van der Waals surface area contributed by atoms with Crippen molar-refractivity contribution in [3.05, 3.63) is 0 Å². The quantitative estimate of drug-likeness (QED) is 0.595. The molecule has 0 aromatic carbocycles. The Morgan fingerprint density at radius 3 is 2.85 bits per heavy atom. The highest BCUT2D eigenvalue weighted by Gasteiger charge is 2.26. The molecule has 1 rings (SSSR count). The smallest absolute Gasteiger partial charge is 0.311 e. The van der Waals surface area contributed by atoms with Crippen molar-refractivity contribution in [3.8, 4) is 0 Å². The van der Waals surface area contributed by atoms with E-state index in [0.29, 0.717) is 19.6 Å². The predicted octanol–water partition coefficient (Wildman–Crippen LogP) is 0.601. The Hall–Kier alpha value is -0.610. The summed E-state index contributed by atoms with van der Waals surface area (Å²) in [5, 5.41) is 0. The third-order valence-electron chi connectivity index (χ3n) is 2.32. The minimum atomic E-state index is -0.205. The van der Waals surface area contributed by atoms with Crippen molar-refractivity contribution in [2.24, 2.45) is 5.92 Å². The van der Waals surface area contributed by atoms with E-state index < -0.39 is 0 Å². The zero-order valence-electron chi connectivity index (χ0n) is 8.12. The molecule has 1 saturated heterocycles. The SMILES string of the molecule is COC(=O)[C@H]1COCC[C@H](OC)C1. The highest BCUT2D eigenvalue weighted by atomic mass is 16.5. The Morgan fingerprint density at radius 1 is 1.46 bits per heavy atom. The van der Waals surface area contributed by atoms with Crippen LogP contribution < -0.4 is 0 Å². The zero-order valence-corrected chi connectivity index (χ0v) is 8.12. The fraction of sp³-hybridized carbons (Fsp3) is 0.889. The van der Waals surface area contributed by atoms with E-state index >= 15 is 0 Å². The molecular formula is C9H16O4. The maximum absolute atomic E-state index is 11.2. The van der Waals surface area contributed by atoms with Crippen molar-refractivity contribution in [1.29, 1.82) is 0 Å². The Labute approximate surface area is 78.2 Å². The third-order valence-corrected chi connectivity index (χ3v) is 2.32. The van der Waals surface area contributed by atoms with Gasteiger partial charge in [-0.1, -0.05) is 0 Å². The molecule has 0 N–H and O–H groups in total. The number of carbonyl (C=O) groups excluding carboxylic acids is 1. The second kappa shape index (κ2) is 5.19. The van der Waals surface area contributed by atoms with Crippen LogP contribution in [0.15, 0.2) is 0 Å². The zero-order chi connectivity index (χ0) is 9.68. The van der Waals surface area contributed by atoms with Crippen LogP contribution in [0.4, 0.5) is 0 Å². The van der Waals surface area contributed by atoms with Crippen LogP contribution in [0.3, 0.4) is 0 Å². The first-order valence-electron chi connectivity index (χ1n) is 4.46. The summed E-state index contributed by atoms with van der Waals surface area (Å²) in [7, 11) is 3.05. The molecule has 1 aliphatic rings. The summed E-state index contributed by atoms with van der Waals surface area (Å²) in [5.74, 6) is -0.374. The minimum absolute atomic E-state index is 0.117. The summed E-state index contributed by atoms with van der Waals surface area (Å²) in [6, 6.07) is 0. The van der Waals surface area contributed by atoms with Crippen molar-refractivity contribution in [3.63, 3.8) is 0 Å². The van der Waals surface area contributed by atoms with E-state index in [0.717, 1.165) is 6.42 Å². The second-order valence-corrected chi connectivity index (χ2v) is 3.18. The van der Waals surface area contributed by atoms with Crippen LogP contribution in [0.2, 0.25) is 0 Å². The Balaban J connectivity index is 2.48. The van der Waals surface area contributed by atoms with Crippen molar-refractivity contribution in [1.82, 2.24) is 0 Å². The van der Waals surface area contributed by atoms with Crippen LogP contribution in [-0.4, -0.2) is 39.5 Å². The molecule has 2 atom stereocenters. The van der Waals surface area contributed by atoms with Crippen LogP contribution in [-0.2, 0) is 19.0 Å². The molecule has 4 nitrogen and oxygen atoms in total. The number of ether oxygens (including phenoxy) is 3. The van der Waals surface area contributed by atoms with Crippen LogP contribution in [0.5, 0.6) is 0 Å². The molecule has 0 saturated carbocycles. The summed E-state index contributed by atoms with van der Waals surface area (Å²) >= 11 is 0. The Morgan fingerprint density at radius 2 is 2.23 bits per heavy atom. The standard InChI is InChI=1S/C9H16O4/c1-11-8-3-4-13-6-7(5-8)9(10)12-2/h7-8H,3-6H2,1-2H3/t7-,8+/m1/s1. The van der Waals surface area contributed by atoms with Crippen LogP contribution in [0, 0.1) is 5.92 Å². The molecule has 13 heavy (non-hydrogen) atoms. The Kier molecular flexibility index (Phi) is 4.18. The van der Waals surface area contributed by atoms with Gasteiger partial charge in [-0.2, -0.15) is 0 Å². The van der Waals surface area contributed by atoms with Gasteiger partial charge in [0.2, 0.25) is 0 Å². The topological polar surface area (TPSA) is 44.8 Å². The van der Waals surface area contributed by atoms with Gasteiger partial charge in [0.25, 0.3) is 0 Å². The van der Waals surface area contributed by atoms with Gasteiger partial charge in [0, 0.05) is 13.7 Å². The largest absolute Gasteiger partial charge is 0.469 e. The maximum atomic E-state index is 11.2. The second-order valence-electron chi connectivity index (χ2n) is 3.18. The van der Waals surface area contributed by atoms with E-state index in [9.17, 15) is 4.79 Å². The van der Waals surface area contributed by atoms with E-state index in [1.54, 1.807) is 7.11 Å². The van der Waals surface area contributed by atoms with Crippen LogP contribution >= 0.6 is 0 Å². The summed E-state index contributed by atoms with van der Waals surface area (Å²) < 4.78 is 15.2. The molecule has 1 heterocycles. The van der Waals surface area contributed by atoms with Gasteiger partial charge in [-0.15, -0.1) is 0 Å². The van der Waals surface area contributed by atoms with E-state index in [4.69, 9.17) is 9.47 Å². The molecule has 4 heteroatoms. The van der Waals surface area contributed by atoms with E-state index in [1.807, 2.05) is 0 Å². The van der Waals surface area contributed by atoms with Crippen molar-refractivity contribution in [2.75, 3.05) is 27.4 Å². The van der Waals surface area contributed by atoms with Crippen molar-refractivity contribution in [2.45, 2.75) is 18.9 Å². The fourth-order valence-electron chi connectivity index (χ4n) is 1.49. The molecule has 1 fully saturated rings. The molecule has 0 radical (unpaired) electrons. The lowest BCUT2D eigenvalue weighted by molar-refractivity contribution is -0.148. The normalized spacial score (nSPS) is 29.4. The van der Waals surface area contributed by atoms with Gasteiger partial charge < -0.3 is 14.2 Å². The molecule has 0 aromatic rings. The van der Waals surface area contributed by atoms with Crippen LogP contribution in [0.25, 0.3) is 0 Å². The molecule has 0 aliphatic carbocycles. The highest BCUT2D eigenvalue weighted by molar-refractivity contribution is 5.72. The number of methoxy groups -OCH3 is 2. The van der Waals surface area contributed by atoms with Crippen molar-refractivity contribution < 1.29 is 19.0 Å². The number of carbonyl (C=O) groups is 1. The lowest BCUT2D eigenvalue weighted by Gasteiger charge is -2.15. The Bertz CT molecular complexity index is 169. The highest BCUT2D eigenvalue weighted by Crippen LogP contribution is 2.18. The van der Waals surface area contributed by atoms with Crippen LogP contribution in [0.1, 0.15) is 12.8 Å². The van der Waals surface area contributed by atoms with Gasteiger partial charge in [0.15, 0.2) is 0 Å². The molecule has 1 aliphatic heterocycles. The molecular weight excluding hydrogens is 172 g/mol. The monoisotopic (exact) mass is 188 g/mol. The summed E-state index contributed by atoms with van der Waals surface area (Å²) in [5.41, 5.74) is 0. The van der Waals surface area contributed by atoms with Gasteiger partial charge in [-0.05, 0) is 12.8 Å². The van der Waals surface area contributed by atoms with Gasteiger partial charge in [-0.3, -0.25) is 4.79 Å². The molecule has 76 valence electrons. The lowest BCUT2D eigenvalue weighted by atomic mass is 10.0. The lowest BCUT2D eigenvalue weighted by Crippen LogP contribution is -2.24. The number of esters is 1. The third kappa shape index (κ3) is 2.97. The van der Waals surface area contributed by atoms with Gasteiger partial charge in [0.1, 0.15) is 0 Å². The van der Waals surface area contributed by atoms with Crippen molar-refractivity contribution >= 4 is 5.97 Å².